The predicted molar refractivity (Wildman–Crippen MR) is 45.2 cm³/mol. The molecule has 5 heteroatoms. The molecule has 0 unspecified atom stereocenters. The van der Waals surface area contributed by atoms with Crippen LogP contribution in [0.1, 0.15) is 26.2 Å². The number of rotatable bonds is 6. The van der Waals surface area contributed by atoms with Crippen LogP contribution in [0.5, 0.6) is 0 Å². The number of hydrogen-bond acceptors (Lipinski definition) is 3. The van der Waals surface area contributed by atoms with Crippen LogP contribution in [0.3, 0.4) is 0 Å². The molecule has 1 amide bonds. The van der Waals surface area contributed by atoms with Crippen molar-refractivity contribution in [2.75, 3.05) is 6.54 Å². The van der Waals surface area contributed by atoms with E-state index in [0.29, 0.717) is 13.0 Å². The summed E-state index contributed by atoms with van der Waals surface area (Å²) in [5, 5.41) is 10.8. The summed E-state index contributed by atoms with van der Waals surface area (Å²) in [6.45, 7) is 1.81. The molecule has 0 radical (unpaired) electrons. The molecule has 0 saturated carbocycles. The summed E-state index contributed by atoms with van der Waals surface area (Å²) >= 11 is 0. The fraction of sp³-hybridized carbons (Fsp3) is 0.625. The van der Waals surface area contributed by atoms with Gasteiger partial charge in [-0.1, -0.05) is 0 Å². The lowest BCUT2D eigenvalue weighted by molar-refractivity contribution is -0.140. The van der Waals surface area contributed by atoms with Gasteiger partial charge in [0.15, 0.2) is 0 Å². The summed E-state index contributed by atoms with van der Waals surface area (Å²) in [4.78, 5) is 31.2. The Kier molecular flexibility index (Phi) is 5.50. The molecule has 0 aromatic rings. The van der Waals surface area contributed by atoms with Crippen molar-refractivity contribution in [1.82, 2.24) is 5.32 Å². The van der Waals surface area contributed by atoms with Gasteiger partial charge in [0.25, 0.3) is 0 Å². The van der Waals surface area contributed by atoms with Crippen molar-refractivity contribution in [3.63, 3.8) is 0 Å². The van der Waals surface area contributed by atoms with E-state index in [2.05, 4.69) is 5.32 Å². The monoisotopic (exact) mass is 187 g/mol. The van der Waals surface area contributed by atoms with Crippen LogP contribution >= 0.6 is 0 Å². The van der Waals surface area contributed by atoms with E-state index in [1.54, 1.807) is 0 Å². The molecule has 0 aromatic heterocycles. The molecule has 0 bridgehead atoms. The van der Waals surface area contributed by atoms with Crippen LogP contribution in [0, 0.1) is 0 Å². The fourth-order valence-electron chi connectivity index (χ4n) is 0.807. The number of carboxylic acids is 1. The summed E-state index contributed by atoms with van der Waals surface area (Å²) in [6.07, 6.45) is 0.262. The summed E-state index contributed by atoms with van der Waals surface area (Å²) < 4.78 is 0. The number of carbonyl (C=O) groups excluding carboxylic acids is 2. The molecule has 0 atom stereocenters. The molecule has 0 spiro atoms. The number of amides is 1. The Morgan fingerprint density at radius 3 is 2.38 bits per heavy atom. The van der Waals surface area contributed by atoms with Crippen molar-refractivity contribution in [1.29, 1.82) is 0 Å². The zero-order valence-corrected chi connectivity index (χ0v) is 7.50. The molecule has 0 rings (SSSR count). The maximum atomic E-state index is 10.8. The highest BCUT2D eigenvalue weighted by molar-refractivity contribution is 5.94. The van der Waals surface area contributed by atoms with Gasteiger partial charge in [0, 0.05) is 19.9 Å². The van der Waals surface area contributed by atoms with Gasteiger partial charge in [0.1, 0.15) is 12.2 Å². The van der Waals surface area contributed by atoms with E-state index in [9.17, 15) is 14.4 Å². The average molecular weight is 187 g/mol. The normalized spacial score (nSPS) is 9.31. The Balaban J connectivity index is 3.37. The highest BCUT2D eigenvalue weighted by Gasteiger charge is 2.06. The number of hydrogen-bond donors (Lipinski definition) is 2. The summed E-state index contributed by atoms with van der Waals surface area (Å²) in [6, 6.07) is 0. The van der Waals surface area contributed by atoms with Crippen LogP contribution in [0.4, 0.5) is 0 Å². The summed E-state index contributed by atoms with van der Waals surface area (Å²) in [7, 11) is 0. The second-order valence-electron chi connectivity index (χ2n) is 2.70. The van der Waals surface area contributed by atoms with Gasteiger partial charge in [0.05, 0.1) is 0 Å². The molecule has 0 aliphatic carbocycles. The molecule has 74 valence electrons. The SMILES string of the molecule is CC(=O)NCCCC(=O)CC(=O)O. The van der Waals surface area contributed by atoms with Gasteiger partial charge in [-0.2, -0.15) is 0 Å². The second-order valence-corrected chi connectivity index (χ2v) is 2.70. The Hall–Kier alpha value is -1.39. The van der Waals surface area contributed by atoms with Crippen molar-refractivity contribution >= 4 is 17.7 Å². The number of aliphatic carboxylic acids is 1. The van der Waals surface area contributed by atoms with E-state index in [4.69, 9.17) is 5.11 Å². The third-order valence-electron chi connectivity index (χ3n) is 1.35. The number of ketones is 1. The zero-order valence-electron chi connectivity index (χ0n) is 7.50. The highest BCUT2D eigenvalue weighted by Crippen LogP contribution is 1.93. The lowest BCUT2D eigenvalue weighted by Gasteiger charge is -1.99. The molecule has 13 heavy (non-hydrogen) atoms. The Labute approximate surface area is 76.1 Å². The van der Waals surface area contributed by atoms with E-state index in [-0.39, 0.29) is 18.1 Å². The lowest BCUT2D eigenvalue weighted by atomic mass is 10.2. The molecule has 0 aromatic carbocycles. The number of carbonyl (C=O) groups is 3. The predicted octanol–water partition coefficient (Wildman–Crippen LogP) is -0.0535. The topological polar surface area (TPSA) is 83.5 Å². The van der Waals surface area contributed by atoms with E-state index in [1.165, 1.54) is 6.92 Å². The van der Waals surface area contributed by atoms with Crippen LogP contribution < -0.4 is 5.32 Å². The van der Waals surface area contributed by atoms with E-state index in [0.717, 1.165) is 0 Å². The minimum absolute atomic E-state index is 0.148. The van der Waals surface area contributed by atoms with Gasteiger partial charge in [-0.05, 0) is 6.42 Å². The van der Waals surface area contributed by atoms with Crippen molar-refractivity contribution in [3.05, 3.63) is 0 Å². The van der Waals surface area contributed by atoms with Crippen molar-refractivity contribution < 1.29 is 19.5 Å². The molecule has 0 aliphatic rings. The molecule has 2 N–H and O–H groups in total. The van der Waals surface area contributed by atoms with Gasteiger partial charge in [-0.3, -0.25) is 14.4 Å². The molecule has 5 nitrogen and oxygen atoms in total. The smallest absolute Gasteiger partial charge is 0.310 e. The summed E-state index contributed by atoms with van der Waals surface area (Å²) in [5.74, 6) is -1.56. The molecule has 0 heterocycles. The van der Waals surface area contributed by atoms with Gasteiger partial charge < -0.3 is 10.4 Å². The van der Waals surface area contributed by atoms with Crippen LogP contribution in [0.2, 0.25) is 0 Å². The van der Waals surface area contributed by atoms with Gasteiger partial charge in [0.2, 0.25) is 5.91 Å². The van der Waals surface area contributed by atoms with Crippen LogP contribution in [0.15, 0.2) is 0 Å². The van der Waals surface area contributed by atoms with E-state index >= 15 is 0 Å². The Bertz CT molecular complexity index is 212. The molecular formula is C8H13NO4. The maximum absolute atomic E-state index is 10.8. The van der Waals surface area contributed by atoms with Gasteiger partial charge in [-0.25, -0.2) is 0 Å². The number of Topliss-reactive ketones (excluding diaryl/α,β-unsaturated/α-hetero) is 1. The van der Waals surface area contributed by atoms with Crippen LogP contribution in [0.25, 0.3) is 0 Å². The van der Waals surface area contributed by atoms with Crippen molar-refractivity contribution in [3.8, 4) is 0 Å². The second kappa shape index (κ2) is 6.16. The first-order valence-electron chi connectivity index (χ1n) is 4.00. The first kappa shape index (κ1) is 11.6. The van der Waals surface area contributed by atoms with Crippen molar-refractivity contribution in [2.45, 2.75) is 26.2 Å². The molecular weight excluding hydrogens is 174 g/mol. The third kappa shape index (κ3) is 8.52. The maximum Gasteiger partial charge on any atom is 0.310 e. The third-order valence-corrected chi connectivity index (χ3v) is 1.35. The van der Waals surface area contributed by atoms with Crippen LogP contribution in [-0.4, -0.2) is 29.3 Å². The average Bonchev–Trinajstić information content (AvgIpc) is 1.96. The Morgan fingerprint density at radius 1 is 1.31 bits per heavy atom. The zero-order chi connectivity index (χ0) is 10.3. The van der Waals surface area contributed by atoms with Gasteiger partial charge in [-0.15, -0.1) is 0 Å². The minimum Gasteiger partial charge on any atom is -0.481 e. The largest absolute Gasteiger partial charge is 0.481 e. The fourth-order valence-corrected chi connectivity index (χ4v) is 0.807. The molecule has 0 aliphatic heterocycles. The minimum atomic E-state index is -1.11. The van der Waals surface area contributed by atoms with E-state index in [1.807, 2.05) is 0 Å². The molecule has 0 saturated heterocycles. The highest BCUT2D eigenvalue weighted by atomic mass is 16.4. The lowest BCUT2D eigenvalue weighted by Crippen LogP contribution is -2.21. The van der Waals surface area contributed by atoms with Crippen molar-refractivity contribution in [2.24, 2.45) is 0 Å². The van der Waals surface area contributed by atoms with Gasteiger partial charge >= 0.3 is 5.97 Å². The Morgan fingerprint density at radius 2 is 1.92 bits per heavy atom. The molecule has 0 fully saturated rings. The number of nitrogens with one attached hydrogen (secondary N) is 1. The van der Waals surface area contributed by atoms with E-state index < -0.39 is 12.4 Å². The standard InChI is InChI=1S/C8H13NO4/c1-6(10)9-4-2-3-7(11)5-8(12)13/h2-5H2,1H3,(H,9,10)(H,12,13). The first-order valence-corrected chi connectivity index (χ1v) is 4.00. The number of carboxylic acid groups (broad SMARTS) is 1. The quantitative estimate of drug-likeness (QED) is 0.451. The van der Waals surface area contributed by atoms with Crippen LogP contribution in [-0.2, 0) is 14.4 Å². The first-order chi connectivity index (χ1) is 6.02. The summed E-state index contributed by atoms with van der Waals surface area (Å²) in [5.41, 5.74) is 0.